The third kappa shape index (κ3) is 2.82. The summed E-state index contributed by atoms with van der Waals surface area (Å²) in [5, 5.41) is 2.40. The number of amides is 1. The molecule has 0 saturated heterocycles. The van der Waals surface area contributed by atoms with Gasteiger partial charge in [-0.2, -0.15) is 0 Å². The van der Waals surface area contributed by atoms with E-state index in [1.165, 1.54) is 18.3 Å². The lowest BCUT2D eigenvalue weighted by Crippen LogP contribution is -2.24. The molecule has 0 saturated carbocycles. The fourth-order valence-electron chi connectivity index (χ4n) is 1.63. The minimum atomic E-state index is -0.576. The minimum Gasteiger partial charge on any atom is -0.328 e. The first-order valence-electron chi connectivity index (χ1n) is 5.43. The number of halogens is 2. The van der Waals surface area contributed by atoms with Crippen LogP contribution < -0.4 is 10.9 Å². The molecule has 0 aliphatic rings. The molecule has 0 radical (unpaired) electrons. The number of anilines is 1. The molecule has 1 amide bonds. The summed E-state index contributed by atoms with van der Waals surface area (Å²) in [6.45, 7) is 1.65. The minimum absolute atomic E-state index is 0.0166. The van der Waals surface area contributed by atoms with Crippen LogP contribution >= 0.6 is 11.6 Å². The van der Waals surface area contributed by atoms with Crippen molar-refractivity contribution in [2.45, 2.75) is 6.92 Å². The van der Waals surface area contributed by atoms with Gasteiger partial charge in [-0.15, -0.1) is 0 Å². The summed E-state index contributed by atoms with van der Waals surface area (Å²) in [5.74, 6) is -1.14. The van der Waals surface area contributed by atoms with Crippen molar-refractivity contribution in [3.05, 3.63) is 62.8 Å². The van der Waals surface area contributed by atoms with Gasteiger partial charge in [0.2, 0.25) is 0 Å². The van der Waals surface area contributed by atoms with Gasteiger partial charge in [0, 0.05) is 11.9 Å². The highest BCUT2D eigenvalue weighted by atomic mass is 35.5. The molecule has 0 spiro atoms. The third-order valence-corrected chi connectivity index (χ3v) is 2.86. The zero-order valence-corrected chi connectivity index (χ0v) is 10.7. The summed E-state index contributed by atoms with van der Waals surface area (Å²) in [7, 11) is 0. The summed E-state index contributed by atoms with van der Waals surface area (Å²) in [6, 6.07) is 5.40. The van der Waals surface area contributed by atoms with Crippen LogP contribution in [0.2, 0.25) is 5.02 Å². The standard InChI is InChI=1S/C13H10ClFN2O2/c1-7-4-5-16-12(18)11(7)13(19)17-8-2-3-10(15)9(14)6-8/h2-6H,1H3,(H,16,18)(H,17,19). The highest BCUT2D eigenvalue weighted by molar-refractivity contribution is 6.31. The van der Waals surface area contributed by atoms with Crippen LogP contribution in [0.1, 0.15) is 15.9 Å². The van der Waals surface area contributed by atoms with Crippen molar-refractivity contribution in [2.24, 2.45) is 0 Å². The Morgan fingerprint density at radius 1 is 1.37 bits per heavy atom. The molecule has 0 bridgehead atoms. The van der Waals surface area contributed by atoms with E-state index < -0.39 is 17.3 Å². The van der Waals surface area contributed by atoms with Crippen molar-refractivity contribution < 1.29 is 9.18 Å². The largest absolute Gasteiger partial charge is 0.328 e. The normalized spacial score (nSPS) is 10.3. The van der Waals surface area contributed by atoms with Gasteiger partial charge < -0.3 is 10.3 Å². The summed E-state index contributed by atoms with van der Waals surface area (Å²) in [5.41, 5.74) is 0.405. The first-order valence-corrected chi connectivity index (χ1v) is 5.81. The van der Waals surface area contributed by atoms with E-state index in [1.807, 2.05) is 0 Å². The molecule has 1 aromatic carbocycles. The number of hydrogen-bond acceptors (Lipinski definition) is 2. The first kappa shape index (κ1) is 13.3. The highest BCUT2D eigenvalue weighted by Gasteiger charge is 2.14. The number of H-pyrrole nitrogens is 1. The van der Waals surface area contributed by atoms with Gasteiger partial charge >= 0.3 is 0 Å². The Hall–Kier alpha value is -2.14. The number of nitrogens with one attached hydrogen (secondary N) is 2. The Bertz CT molecular complexity index is 697. The second-order valence-corrected chi connectivity index (χ2v) is 4.36. The van der Waals surface area contributed by atoms with Gasteiger partial charge in [0.25, 0.3) is 11.5 Å². The molecule has 0 unspecified atom stereocenters. The molecular formula is C13H10ClFN2O2. The maximum absolute atomic E-state index is 13.0. The number of aryl methyl sites for hydroxylation is 1. The second kappa shape index (κ2) is 5.24. The van der Waals surface area contributed by atoms with E-state index in [2.05, 4.69) is 10.3 Å². The van der Waals surface area contributed by atoms with Crippen LogP contribution in [0.4, 0.5) is 10.1 Å². The zero-order valence-electron chi connectivity index (χ0n) is 9.96. The highest BCUT2D eigenvalue weighted by Crippen LogP contribution is 2.19. The number of hydrogen-bond donors (Lipinski definition) is 2. The van der Waals surface area contributed by atoms with Crippen LogP contribution in [0.25, 0.3) is 0 Å². The van der Waals surface area contributed by atoms with Gasteiger partial charge in [0.15, 0.2) is 0 Å². The van der Waals surface area contributed by atoms with Gasteiger partial charge in [-0.3, -0.25) is 9.59 Å². The molecule has 0 aliphatic carbocycles. The second-order valence-electron chi connectivity index (χ2n) is 3.95. The monoisotopic (exact) mass is 280 g/mol. The Balaban J connectivity index is 2.31. The fraction of sp³-hybridized carbons (Fsp3) is 0.0769. The van der Waals surface area contributed by atoms with Gasteiger partial charge in [-0.25, -0.2) is 4.39 Å². The average Bonchev–Trinajstić information content (AvgIpc) is 2.33. The van der Waals surface area contributed by atoms with E-state index in [0.717, 1.165) is 6.07 Å². The van der Waals surface area contributed by atoms with E-state index in [0.29, 0.717) is 11.3 Å². The Morgan fingerprint density at radius 2 is 2.11 bits per heavy atom. The third-order valence-electron chi connectivity index (χ3n) is 2.57. The van der Waals surface area contributed by atoms with Gasteiger partial charge in [-0.05, 0) is 36.8 Å². The number of rotatable bonds is 2. The molecule has 2 aromatic rings. The summed E-state index contributed by atoms with van der Waals surface area (Å²) < 4.78 is 13.0. The van der Waals surface area contributed by atoms with E-state index in [9.17, 15) is 14.0 Å². The van der Waals surface area contributed by atoms with Crippen molar-refractivity contribution >= 4 is 23.2 Å². The molecule has 1 aromatic heterocycles. The number of carbonyl (C=O) groups excluding carboxylic acids is 1. The molecule has 0 fully saturated rings. The molecule has 98 valence electrons. The Kier molecular flexibility index (Phi) is 3.66. The number of carbonyl (C=O) groups is 1. The molecule has 2 rings (SSSR count). The molecule has 6 heteroatoms. The quantitative estimate of drug-likeness (QED) is 0.888. The van der Waals surface area contributed by atoms with Crippen molar-refractivity contribution in [3.8, 4) is 0 Å². The number of aromatic nitrogens is 1. The van der Waals surface area contributed by atoms with Crippen molar-refractivity contribution in [1.29, 1.82) is 0 Å². The topological polar surface area (TPSA) is 62.0 Å². The van der Waals surface area contributed by atoms with Crippen LogP contribution in [-0.2, 0) is 0 Å². The molecule has 0 aliphatic heterocycles. The maximum Gasteiger partial charge on any atom is 0.261 e. The predicted molar refractivity (Wildman–Crippen MR) is 71.2 cm³/mol. The Morgan fingerprint density at radius 3 is 2.74 bits per heavy atom. The smallest absolute Gasteiger partial charge is 0.261 e. The predicted octanol–water partition coefficient (Wildman–Crippen LogP) is 2.73. The van der Waals surface area contributed by atoms with Gasteiger partial charge in [-0.1, -0.05) is 11.6 Å². The lowest BCUT2D eigenvalue weighted by atomic mass is 10.1. The van der Waals surface area contributed by atoms with E-state index >= 15 is 0 Å². The summed E-state index contributed by atoms with van der Waals surface area (Å²) >= 11 is 5.61. The first-order chi connectivity index (χ1) is 8.99. The molecule has 2 N–H and O–H groups in total. The Labute approximate surface area is 113 Å². The summed E-state index contributed by atoms with van der Waals surface area (Å²) in [4.78, 5) is 26.0. The van der Waals surface area contributed by atoms with Gasteiger partial charge in [0.05, 0.1) is 5.02 Å². The lowest BCUT2D eigenvalue weighted by Gasteiger charge is -2.07. The van der Waals surface area contributed by atoms with Crippen LogP contribution in [0.3, 0.4) is 0 Å². The van der Waals surface area contributed by atoms with Gasteiger partial charge in [0.1, 0.15) is 11.4 Å². The number of benzene rings is 1. The van der Waals surface area contributed by atoms with Crippen molar-refractivity contribution in [1.82, 2.24) is 4.98 Å². The van der Waals surface area contributed by atoms with Crippen molar-refractivity contribution in [3.63, 3.8) is 0 Å². The fourth-order valence-corrected chi connectivity index (χ4v) is 1.81. The van der Waals surface area contributed by atoms with Crippen LogP contribution in [0, 0.1) is 12.7 Å². The molecule has 19 heavy (non-hydrogen) atoms. The van der Waals surface area contributed by atoms with E-state index in [-0.39, 0.29) is 10.6 Å². The summed E-state index contributed by atoms with van der Waals surface area (Å²) in [6.07, 6.45) is 1.46. The van der Waals surface area contributed by atoms with Crippen molar-refractivity contribution in [2.75, 3.05) is 5.32 Å². The van der Waals surface area contributed by atoms with E-state index in [1.54, 1.807) is 13.0 Å². The zero-order chi connectivity index (χ0) is 14.0. The van der Waals surface area contributed by atoms with Crippen LogP contribution in [0.15, 0.2) is 35.3 Å². The molecule has 0 atom stereocenters. The van der Waals surface area contributed by atoms with Crippen LogP contribution in [-0.4, -0.2) is 10.9 Å². The lowest BCUT2D eigenvalue weighted by molar-refractivity contribution is 0.102. The number of pyridine rings is 1. The average molecular weight is 281 g/mol. The molecule has 4 nitrogen and oxygen atoms in total. The molecule has 1 heterocycles. The SMILES string of the molecule is Cc1cc[nH]c(=O)c1C(=O)Nc1ccc(F)c(Cl)c1. The van der Waals surface area contributed by atoms with E-state index in [4.69, 9.17) is 11.6 Å². The number of aromatic amines is 1. The molecular weight excluding hydrogens is 271 g/mol. The maximum atomic E-state index is 13.0. The van der Waals surface area contributed by atoms with Crippen LogP contribution in [0.5, 0.6) is 0 Å².